The number of hydrogen-bond acceptors (Lipinski definition) is 5. The highest BCUT2D eigenvalue weighted by Crippen LogP contribution is 2.48. The number of carboxylic acids is 1. The number of piperidine rings is 1. The van der Waals surface area contributed by atoms with Crippen LogP contribution < -0.4 is 4.90 Å². The Labute approximate surface area is 254 Å². The van der Waals surface area contributed by atoms with Crippen molar-refractivity contribution in [3.8, 4) is 0 Å². The minimum Gasteiger partial charge on any atom is -0.478 e. The number of amides is 1. The monoisotopic (exact) mass is 617 g/mol. The molecule has 0 bridgehead atoms. The summed E-state index contributed by atoms with van der Waals surface area (Å²) < 4.78 is 60.2. The van der Waals surface area contributed by atoms with Crippen molar-refractivity contribution in [2.24, 2.45) is 11.8 Å². The van der Waals surface area contributed by atoms with Crippen LogP contribution in [0.15, 0.2) is 42.5 Å². The third-order valence-electron chi connectivity index (χ3n) is 10.1. The van der Waals surface area contributed by atoms with Crippen molar-refractivity contribution < 1.29 is 37.0 Å². The third kappa shape index (κ3) is 6.18. The number of hydrogen-bond donors (Lipinski definition) is 1. The number of ether oxygens (including phenoxy) is 1. The van der Waals surface area contributed by atoms with E-state index in [2.05, 4.69) is 11.8 Å². The largest absolute Gasteiger partial charge is 0.478 e. The van der Waals surface area contributed by atoms with Gasteiger partial charge in [-0.15, -0.1) is 0 Å². The zero-order valence-electron chi connectivity index (χ0n) is 24.9. The number of benzene rings is 2. The lowest BCUT2D eigenvalue weighted by atomic mass is 9.79. The highest BCUT2D eigenvalue weighted by molar-refractivity contribution is 5.88. The van der Waals surface area contributed by atoms with E-state index in [1.165, 1.54) is 0 Å². The molecule has 4 atom stereocenters. The van der Waals surface area contributed by atoms with Gasteiger partial charge < -0.3 is 19.6 Å². The quantitative estimate of drug-likeness (QED) is 0.423. The number of halogens is 4. The molecule has 1 amide bonds. The predicted molar refractivity (Wildman–Crippen MR) is 156 cm³/mol. The minimum absolute atomic E-state index is 0.0290. The van der Waals surface area contributed by atoms with Crippen LogP contribution in [0, 0.1) is 17.7 Å². The number of likely N-dealkylation sites (tertiary alicyclic amines) is 1. The maximum absolute atomic E-state index is 14.0. The summed E-state index contributed by atoms with van der Waals surface area (Å²) in [5, 5.41) is 9.40. The molecule has 0 aromatic heterocycles. The van der Waals surface area contributed by atoms with Gasteiger partial charge in [-0.3, -0.25) is 9.69 Å². The van der Waals surface area contributed by atoms with Gasteiger partial charge in [0.15, 0.2) is 0 Å². The Bertz CT molecular complexity index is 1380. The highest BCUT2D eigenvalue weighted by atomic mass is 19.4. The van der Waals surface area contributed by atoms with Gasteiger partial charge in [-0.2, -0.15) is 13.2 Å². The van der Waals surface area contributed by atoms with Crippen molar-refractivity contribution in [3.63, 3.8) is 0 Å². The average Bonchev–Trinajstić information content (AvgIpc) is 3.86. The van der Waals surface area contributed by atoms with Crippen LogP contribution in [0.2, 0.25) is 0 Å². The number of nitrogens with zero attached hydrogens (tertiary/aromatic N) is 3. The maximum Gasteiger partial charge on any atom is 0.416 e. The van der Waals surface area contributed by atoms with Gasteiger partial charge in [0.1, 0.15) is 11.4 Å². The van der Waals surface area contributed by atoms with Gasteiger partial charge in [0.05, 0.1) is 17.7 Å². The molecular formula is C33H39F4N3O4. The van der Waals surface area contributed by atoms with Crippen molar-refractivity contribution in [2.75, 3.05) is 50.8 Å². The number of anilines is 1. The van der Waals surface area contributed by atoms with E-state index in [1.807, 2.05) is 12.1 Å². The van der Waals surface area contributed by atoms with Crippen LogP contribution in [0.3, 0.4) is 0 Å². The first-order chi connectivity index (χ1) is 20.9. The number of carboxylic acid groups (broad SMARTS) is 1. The first-order valence-corrected chi connectivity index (χ1v) is 15.6. The Morgan fingerprint density at radius 3 is 2.34 bits per heavy atom. The molecule has 6 rings (SSSR count). The summed E-state index contributed by atoms with van der Waals surface area (Å²) in [6.07, 6.45) is -0.348. The summed E-state index contributed by atoms with van der Waals surface area (Å²) >= 11 is 0. The number of aromatic carboxylic acids is 1. The number of rotatable bonds is 6. The summed E-state index contributed by atoms with van der Waals surface area (Å²) in [4.78, 5) is 31.4. The van der Waals surface area contributed by atoms with Crippen LogP contribution in [0.5, 0.6) is 0 Å². The van der Waals surface area contributed by atoms with E-state index in [0.29, 0.717) is 56.8 Å². The molecule has 44 heavy (non-hydrogen) atoms. The van der Waals surface area contributed by atoms with Crippen molar-refractivity contribution in [3.05, 3.63) is 65.0 Å². The third-order valence-corrected chi connectivity index (χ3v) is 10.1. The van der Waals surface area contributed by atoms with Crippen LogP contribution in [-0.4, -0.2) is 84.3 Å². The molecule has 238 valence electrons. The summed E-state index contributed by atoms with van der Waals surface area (Å²) in [6, 6.07) is 10.0. The van der Waals surface area contributed by atoms with Crippen molar-refractivity contribution in [1.29, 1.82) is 0 Å². The summed E-state index contributed by atoms with van der Waals surface area (Å²) in [7, 11) is 0. The molecule has 1 aliphatic carbocycles. The van der Waals surface area contributed by atoms with Gasteiger partial charge >= 0.3 is 12.1 Å². The molecule has 1 saturated carbocycles. The number of alkyl halides is 3. The van der Waals surface area contributed by atoms with E-state index < -0.39 is 29.1 Å². The fourth-order valence-electron chi connectivity index (χ4n) is 7.55. The Hall–Kier alpha value is -3.18. The van der Waals surface area contributed by atoms with E-state index in [0.717, 1.165) is 56.5 Å². The molecular weight excluding hydrogens is 578 g/mol. The predicted octanol–water partition coefficient (Wildman–Crippen LogP) is 5.64. The smallest absolute Gasteiger partial charge is 0.416 e. The zero-order valence-corrected chi connectivity index (χ0v) is 24.9. The van der Waals surface area contributed by atoms with E-state index in [1.54, 1.807) is 21.9 Å². The van der Waals surface area contributed by atoms with Gasteiger partial charge in [0.25, 0.3) is 5.91 Å². The summed E-state index contributed by atoms with van der Waals surface area (Å²) in [5.41, 5.74) is -0.332. The van der Waals surface area contributed by atoms with E-state index >= 15 is 0 Å². The van der Waals surface area contributed by atoms with Crippen LogP contribution in [-0.2, 0) is 15.7 Å². The lowest BCUT2D eigenvalue weighted by Gasteiger charge is -2.48. The molecule has 3 aliphatic heterocycles. The summed E-state index contributed by atoms with van der Waals surface area (Å²) in [5.74, 6) is -1.08. The average molecular weight is 618 g/mol. The molecule has 0 radical (unpaired) electrons. The second kappa shape index (κ2) is 12.0. The van der Waals surface area contributed by atoms with Crippen molar-refractivity contribution >= 4 is 17.6 Å². The van der Waals surface area contributed by atoms with Crippen LogP contribution in [0.25, 0.3) is 0 Å². The lowest BCUT2D eigenvalue weighted by molar-refractivity contribution is -0.176. The minimum atomic E-state index is -4.64. The molecule has 4 fully saturated rings. The molecule has 0 spiro atoms. The zero-order chi connectivity index (χ0) is 31.2. The van der Waals surface area contributed by atoms with E-state index in [-0.39, 0.29) is 29.5 Å². The SMILES string of the molecule is CC1CN(C2CC[C@@](C(=O)N3CCN(c4cc(F)cc(C(F)(F)F)c4)CC3)(C3CC3)OC2)CC[C@@H]1c1cccc(C(=O)O)c1. The standard InChI is InChI=1S/C33H39F4N3O4/c1-21-19-40(10-8-29(21)22-3-2-4-23(15-22)30(41)42)27-7-9-32(44-20-27,24-5-6-24)31(43)39-13-11-38(12-14-39)28-17-25(33(35,36)37)16-26(34)18-28/h2-4,15-18,21,24,27,29H,5-14,19-20H2,1H3,(H,41,42)/t21?,27?,29-,32-/m0/s1. The lowest BCUT2D eigenvalue weighted by Crippen LogP contribution is -2.61. The molecule has 11 heteroatoms. The Morgan fingerprint density at radius 1 is 0.977 bits per heavy atom. The van der Waals surface area contributed by atoms with Gasteiger partial charge in [-0.05, 0) is 92.3 Å². The normalized spacial score (nSPS) is 28.6. The molecule has 3 heterocycles. The van der Waals surface area contributed by atoms with Crippen LogP contribution in [0.1, 0.15) is 66.4 Å². The molecule has 1 N–H and O–H groups in total. The molecule has 2 unspecified atom stereocenters. The first-order valence-electron chi connectivity index (χ1n) is 15.6. The second-order valence-electron chi connectivity index (χ2n) is 12.9. The van der Waals surface area contributed by atoms with Gasteiger partial charge in [-0.25, -0.2) is 9.18 Å². The first kappa shape index (κ1) is 30.8. The fraction of sp³-hybridized carbons (Fsp3) is 0.576. The maximum atomic E-state index is 14.0. The topological polar surface area (TPSA) is 73.3 Å². The second-order valence-corrected chi connectivity index (χ2v) is 12.9. The van der Waals surface area contributed by atoms with Crippen LogP contribution >= 0.6 is 0 Å². The van der Waals surface area contributed by atoms with Crippen LogP contribution in [0.4, 0.5) is 23.2 Å². The molecule has 2 aromatic carbocycles. The molecule has 4 aliphatic rings. The van der Waals surface area contributed by atoms with Gasteiger partial charge in [0.2, 0.25) is 0 Å². The van der Waals surface area contributed by atoms with E-state index in [4.69, 9.17) is 4.74 Å². The number of piperazine rings is 1. The number of carbonyl (C=O) groups is 2. The van der Waals surface area contributed by atoms with Crippen molar-refractivity contribution in [2.45, 2.75) is 62.8 Å². The highest BCUT2D eigenvalue weighted by Gasteiger charge is 2.56. The molecule has 2 aromatic rings. The van der Waals surface area contributed by atoms with Crippen molar-refractivity contribution in [1.82, 2.24) is 9.80 Å². The Balaban J connectivity index is 1.06. The summed E-state index contributed by atoms with van der Waals surface area (Å²) in [6.45, 7) is 5.74. The van der Waals surface area contributed by atoms with E-state index in [9.17, 15) is 32.3 Å². The molecule has 3 saturated heterocycles. The van der Waals surface area contributed by atoms with Gasteiger partial charge in [-0.1, -0.05) is 19.1 Å². The van der Waals surface area contributed by atoms with Gasteiger partial charge in [0, 0.05) is 44.5 Å². The number of carbonyl (C=O) groups excluding carboxylic acids is 1. The fourth-order valence-corrected chi connectivity index (χ4v) is 7.55. The Morgan fingerprint density at radius 2 is 1.73 bits per heavy atom. The molecule has 7 nitrogen and oxygen atoms in total. The Kier molecular flexibility index (Phi) is 8.38.